The highest BCUT2D eigenvalue weighted by Crippen LogP contribution is 2.42. The van der Waals surface area contributed by atoms with Crippen LogP contribution in [-0.2, 0) is 0 Å². The lowest BCUT2D eigenvalue weighted by atomic mass is 9.99. The fourth-order valence-corrected chi connectivity index (χ4v) is 8.26. The number of rotatable bonds is 6. The molecule has 0 N–H and O–H groups in total. The molecular weight excluding hydrogens is 653 g/mol. The van der Waals surface area contributed by atoms with Gasteiger partial charge in [-0.25, -0.2) is 15.0 Å². The van der Waals surface area contributed by atoms with Gasteiger partial charge in [-0.1, -0.05) is 127 Å². The monoisotopic (exact) mass is 682 g/mol. The van der Waals surface area contributed by atoms with Gasteiger partial charge in [0.05, 0.1) is 22.4 Å². The fourth-order valence-electron chi connectivity index (χ4n) is 7.15. The predicted octanol–water partition coefficient (Wildman–Crippen LogP) is 12.5. The van der Waals surface area contributed by atoms with Crippen LogP contribution in [0.25, 0.3) is 93.3 Å². The maximum absolute atomic E-state index is 5.24. The van der Waals surface area contributed by atoms with E-state index in [4.69, 9.17) is 15.0 Å². The molecule has 3 aromatic heterocycles. The van der Waals surface area contributed by atoms with Gasteiger partial charge < -0.3 is 0 Å². The normalized spacial score (nSPS) is 11.5. The molecule has 7 aromatic carbocycles. The summed E-state index contributed by atoms with van der Waals surface area (Å²) in [6.45, 7) is 0. The Morgan fingerprint density at radius 3 is 1.85 bits per heavy atom. The van der Waals surface area contributed by atoms with Gasteiger partial charge in [0.25, 0.3) is 0 Å². The molecule has 10 aromatic rings. The number of hydrogen-bond acceptors (Lipinski definition) is 4. The Bertz CT molecular complexity index is 2880. The van der Waals surface area contributed by atoms with Crippen molar-refractivity contribution >= 4 is 42.5 Å². The molecule has 3 heterocycles. The number of fused-ring (bicyclic) bond motifs is 4. The third-order valence-corrected chi connectivity index (χ3v) is 10.8. The number of hydrogen-bond donors (Lipinski definition) is 0. The fraction of sp³-hybridized carbons (Fsp3) is 0. The summed E-state index contributed by atoms with van der Waals surface area (Å²) in [5, 5.41) is 2.38. The molecule has 0 fully saturated rings. The predicted molar refractivity (Wildman–Crippen MR) is 217 cm³/mol. The summed E-state index contributed by atoms with van der Waals surface area (Å²) in [5.41, 5.74) is 11.5. The van der Waals surface area contributed by atoms with Crippen molar-refractivity contribution in [2.45, 2.75) is 0 Å². The summed E-state index contributed by atoms with van der Waals surface area (Å²) in [6.07, 6.45) is 0. The Morgan fingerprint density at radius 1 is 0.423 bits per heavy atom. The van der Waals surface area contributed by atoms with Crippen LogP contribution in [0, 0.1) is 0 Å². The number of nitrogens with zero attached hydrogens (tertiary/aromatic N) is 4. The van der Waals surface area contributed by atoms with Gasteiger partial charge >= 0.3 is 0 Å². The smallest absolute Gasteiger partial charge is 0.160 e. The van der Waals surface area contributed by atoms with Crippen LogP contribution < -0.4 is 0 Å². The SMILES string of the molecule is c1ccc(-c2ccc(-c3cc(-c4cccc5sc6ccc(-c7nc8ccccc8n7-c7ccccc7)cc6c45)nc(-c4ccccc4)n3)cc2)cc1. The third-order valence-electron chi connectivity index (χ3n) is 9.65. The Labute approximate surface area is 305 Å². The minimum atomic E-state index is 0.703. The lowest BCUT2D eigenvalue weighted by Gasteiger charge is -2.12. The van der Waals surface area contributed by atoms with Crippen LogP contribution in [0.3, 0.4) is 0 Å². The molecular formula is C47H30N4S. The van der Waals surface area contributed by atoms with E-state index >= 15 is 0 Å². The molecule has 0 unspecified atom stereocenters. The quantitative estimate of drug-likeness (QED) is 0.175. The van der Waals surface area contributed by atoms with Crippen molar-refractivity contribution in [1.29, 1.82) is 0 Å². The summed E-state index contributed by atoms with van der Waals surface area (Å²) in [6, 6.07) is 63.7. The van der Waals surface area contributed by atoms with E-state index < -0.39 is 0 Å². The van der Waals surface area contributed by atoms with Gasteiger partial charge in [0.15, 0.2) is 5.82 Å². The summed E-state index contributed by atoms with van der Waals surface area (Å²) < 4.78 is 4.70. The Balaban J connectivity index is 1.16. The van der Waals surface area contributed by atoms with E-state index in [0.717, 1.165) is 56.2 Å². The number of thiophene rings is 1. The van der Waals surface area contributed by atoms with Crippen molar-refractivity contribution in [3.8, 4) is 62.1 Å². The topological polar surface area (TPSA) is 43.6 Å². The van der Waals surface area contributed by atoms with Crippen molar-refractivity contribution in [2.24, 2.45) is 0 Å². The average molecular weight is 683 g/mol. The van der Waals surface area contributed by atoms with Crippen LogP contribution in [0.4, 0.5) is 0 Å². The maximum atomic E-state index is 5.24. The molecule has 5 heteroatoms. The molecule has 4 nitrogen and oxygen atoms in total. The van der Waals surface area contributed by atoms with E-state index in [1.165, 1.54) is 31.3 Å². The average Bonchev–Trinajstić information content (AvgIpc) is 3.80. The van der Waals surface area contributed by atoms with Crippen LogP contribution >= 0.6 is 11.3 Å². The van der Waals surface area contributed by atoms with Gasteiger partial charge in [0.2, 0.25) is 0 Å². The number of aromatic nitrogens is 4. The molecule has 0 aliphatic rings. The van der Waals surface area contributed by atoms with Crippen molar-refractivity contribution in [3.05, 3.63) is 182 Å². The summed E-state index contributed by atoms with van der Waals surface area (Å²) in [5.74, 6) is 1.62. The molecule has 244 valence electrons. The second kappa shape index (κ2) is 12.6. The molecule has 52 heavy (non-hydrogen) atoms. The largest absolute Gasteiger partial charge is 0.292 e. The van der Waals surface area contributed by atoms with Crippen LogP contribution in [0.1, 0.15) is 0 Å². The molecule has 0 radical (unpaired) electrons. The van der Waals surface area contributed by atoms with E-state index in [9.17, 15) is 0 Å². The maximum Gasteiger partial charge on any atom is 0.160 e. The zero-order valence-electron chi connectivity index (χ0n) is 28.0. The number of para-hydroxylation sites is 3. The first-order chi connectivity index (χ1) is 25.8. The second-order valence-electron chi connectivity index (χ2n) is 12.9. The molecule has 0 saturated heterocycles. The van der Waals surface area contributed by atoms with Crippen molar-refractivity contribution < 1.29 is 0 Å². The van der Waals surface area contributed by atoms with Gasteiger partial charge in [0.1, 0.15) is 5.82 Å². The van der Waals surface area contributed by atoms with Crippen molar-refractivity contribution in [3.63, 3.8) is 0 Å². The van der Waals surface area contributed by atoms with Gasteiger partial charge in [-0.2, -0.15) is 0 Å². The minimum Gasteiger partial charge on any atom is -0.292 e. The van der Waals surface area contributed by atoms with Crippen LogP contribution in [0.15, 0.2) is 182 Å². The lowest BCUT2D eigenvalue weighted by Crippen LogP contribution is -1.97. The van der Waals surface area contributed by atoms with E-state index in [1.807, 2.05) is 41.7 Å². The van der Waals surface area contributed by atoms with Crippen LogP contribution in [-0.4, -0.2) is 19.5 Å². The first-order valence-corrected chi connectivity index (χ1v) is 18.2. The van der Waals surface area contributed by atoms with E-state index in [1.54, 1.807) is 0 Å². The summed E-state index contributed by atoms with van der Waals surface area (Å²) in [4.78, 5) is 15.5. The standard InChI is InChI=1S/C47H30N4S/c1-4-13-31(14-5-1)32-23-25-33(26-24-32)40-30-41(49-46(48-40)34-15-6-2-7-16-34)37-19-12-22-44-45(37)38-29-35(27-28-43(38)52-44)47-50-39-20-10-11-21-42(39)51(47)36-17-8-3-9-18-36/h1-30H. The Hall–Kier alpha value is -6.69. The van der Waals surface area contributed by atoms with E-state index in [2.05, 4.69) is 156 Å². The molecule has 0 amide bonds. The first kappa shape index (κ1) is 30.2. The Morgan fingerprint density at radius 2 is 1.06 bits per heavy atom. The first-order valence-electron chi connectivity index (χ1n) is 17.4. The molecule has 10 rings (SSSR count). The zero-order valence-corrected chi connectivity index (χ0v) is 28.8. The van der Waals surface area contributed by atoms with Gasteiger partial charge in [-0.05, 0) is 65.7 Å². The molecule has 0 bridgehead atoms. The highest BCUT2D eigenvalue weighted by atomic mass is 32.1. The minimum absolute atomic E-state index is 0.703. The molecule has 0 saturated carbocycles. The van der Waals surface area contributed by atoms with Gasteiger partial charge in [-0.15, -0.1) is 11.3 Å². The summed E-state index contributed by atoms with van der Waals surface area (Å²) in [7, 11) is 0. The zero-order chi connectivity index (χ0) is 34.4. The van der Waals surface area contributed by atoms with E-state index in [-0.39, 0.29) is 0 Å². The van der Waals surface area contributed by atoms with Crippen LogP contribution in [0.2, 0.25) is 0 Å². The Kier molecular flexibility index (Phi) is 7.29. The van der Waals surface area contributed by atoms with Gasteiger partial charge in [-0.3, -0.25) is 4.57 Å². The third kappa shape index (κ3) is 5.27. The number of imidazole rings is 1. The highest BCUT2D eigenvalue weighted by molar-refractivity contribution is 7.26. The van der Waals surface area contributed by atoms with Gasteiger partial charge in [0, 0.05) is 48.1 Å². The molecule has 0 aliphatic heterocycles. The molecule has 0 aliphatic carbocycles. The van der Waals surface area contributed by atoms with Crippen LogP contribution in [0.5, 0.6) is 0 Å². The highest BCUT2D eigenvalue weighted by Gasteiger charge is 2.19. The molecule has 0 atom stereocenters. The van der Waals surface area contributed by atoms with Crippen molar-refractivity contribution in [2.75, 3.05) is 0 Å². The number of benzene rings is 7. The van der Waals surface area contributed by atoms with E-state index in [0.29, 0.717) is 5.82 Å². The second-order valence-corrected chi connectivity index (χ2v) is 13.9. The van der Waals surface area contributed by atoms with Crippen molar-refractivity contribution in [1.82, 2.24) is 19.5 Å². The molecule has 0 spiro atoms. The lowest BCUT2D eigenvalue weighted by molar-refractivity contribution is 1.10. The summed E-state index contributed by atoms with van der Waals surface area (Å²) >= 11 is 1.81.